The molecule has 0 aromatic heterocycles. The maximum atomic E-state index is 8.66. The van der Waals surface area contributed by atoms with Crippen LogP contribution in [0.25, 0.3) is 0 Å². The lowest BCUT2D eigenvalue weighted by atomic mass is 10.1. The largest absolute Gasteiger partial charge is 0.396 e. The third-order valence-corrected chi connectivity index (χ3v) is 2.24. The van der Waals surface area contributed by atoms with Gasteiger partial charge in [-0.05, 0) is 25.7 Å². The lowest BCUT2D eigenvalue weighted by Gasteiger charge is -2.15. The molecule has 0 aliphatic rings. The Kier molecular flexibility index (Phi) is 9.94. The van der Waals surface area contributed by atoms with Crippen LogP contribution < -0.4 is 0 Å². The number of ether oxygens (including phenoxy) is 1. The third-order valence-electron chi connectivity index (χ3n) is 2.24. The standard InChI is InChI=1S/C11H24O2/c1-3-5-6-10-13-11(4-2)8-7-9-12/h11-12H,3-10H2,1-2H3. The lowest BCUT2D eigenvalue weighted by molar-refractivity contribution is 0.0381. The Morgan fingerprint density at radius 3 is 2.46 bits per heavy atom. The van der Waals surface area contributed by atoms with Crippen molar-refractivity contribution in [2.45, 2.75) is 58.5 Å². The van der Waals surface area contributed by atoms with E-state index in [1.807, 2.05) is 0 Å². The van der Waals surface area contributed by atoms with Gasteiger partial charge in [-0.3, -0.25) is 0 Å². The van der Waals surface area contributed by atoms with Crippen LogP contribution in [0.3, 0.4) is 0 Å². The molecule has 0 aliphatic heterocycles. The highest BCUT2D eigenvalue weighted by Crippen LogP contribution is 2.07. The highest BCUT2D eigenvalue weighted by atomic mass is 16.5. The molecule has 0 spiro atoms. The van der Waals surface area contributed by atoms with Crippen molar-refractivity contribution in [3.8, 4) is 0 Å². The van der Waals surface area contributed by atoms with Crippen molar-refractivity contribution in [1.82, 2.24) is 0 Å². The van der Waals surface area contributed by atoms with Gasteiger partial charge in [0.25, 0.3) is 0 Å². The summed E-state index contributed by atoms with van der Waals surface area (Å²) in [5, 5.41) is 8.66. The molecular weight excluding hydrogens is 164 g/mol. The van der Waals surface area contributed by atoms with Crippen LogP contribution in [0.2, 0.25) is 0 Å². The first-order chi connectivity index (χ1) is 6.35. The molecule has 13 heavy (non-hydrogen) atoms. The fourth-order valence-corrected chi connectivity index (χ4v) is 1.33. The Morgan fingerprint density at radius 2 is 1.92 bits per heavy atom. The molecule has 1 atom stereocenters. The van der Waals surface area contributed by atoms with E-state index in [4.69, 9.17) is 9.84 Å². The van der Waals surface area contributed by atoms with Crippen molar-refractivity contribution in [3.63, 3.8) is 0 Å². The van der Waals surface area contributed by atoms with Gasteiger partial charge in [-0.15, -0.1) is 0 Å². The van der Waals surface area contributed by atoms with Gasteiger partial charge in [0.2, 0.25) is 0 Å². The Balaban J connectivity index is 3.25. The molecule has 80 valence electrons. The van der Waals surface area contributed by atoms with Gasteiger partial charge < -0.3 is 9.84 Å². The molecule has 2 nitrogen and oxygen atoms in total. The number of unbranched alkanes of at least 4 members (excludes halogenated alkanes) is 2. The molecule has 0 fully saturated rings. The van der Waals surface area contributed by atoms with Gasteiger partial charge in [0.05, 0.1) is 6.10 Å². The van der Waals surface area contributed by atoms with Crippen molar-refractivity contribution in [2.75, 3.05) is 13.2 Å². The molecule has 1 N–H and O–H groups in total. The van der Waals surface area contributed by atoms with Crippen LogP contribution in [-0.2, 0) is 4.74 Å². The number of aliphatic hydroxyl groups excluding tert-OH is 1. The summed E-state index contributed by atoms with van der Waals surface area (Å²) >= 11 is 0. The molecule has 0 aromatic rings. The normalized spacial score (nSPS) is 13.2. The molecule has 0 aliphatic carbocycles. The number of rotatable bonds is 9. The van der Waals surface area contributed by atoms with Gasteiger partial charge in [-0.25, -0.2) is 0 Å². The van der Waals surface area contributed by atoms with E-state index >= 15 is 0 Å². The maximum absolute atomic E-state index is 8.66. The minimum Gasteiger partial charge on any atom is -0.396 e. The van der Waals surface area contributed by atoms with E-state index in [1.54, 1.807) is 0 Å². The summed E-state index contributed by atoms with van der Waals surface area (Å²) < 4.78 is 5.68. The van der Waals surface area contributed by atoms with Crippen LogP contribution in [0.1, 0.15) is 52.4 Å². The van der Waals surface area contributed by atoms with Gasteiger partial charge in [0.15, 0.2) is 0 Å². The second-order valence-corrected chi connectivity index (χ2v) is 3.47. The number of aliphatic hydroxyl groups is 1. The summed E-state index contributed by atoms with van der Waals surface area (Å²) in [5.74, 6) is 0. The molecule has 0 saturated carbocycles. The van der Waals surface area contributed by atoms with Crippen molar-refractivity contribution in [1.29, 1.82) is 0 Å². The second-order valence-electron chi connectivity index (χ2n) is 3.47. The van der Waals surface area contributed by atoms with Crippen LogP contribution in [0.15, 0.2) is 0 Å². The zero-order valence-electron chi connectivity index (χ0n) is 9.09. The molecule has 0 aromatic carbocycles. The summed E-state index contributed by atoms with van der Waals surface area (Å²) in [6.07, 6.45) is 6.97. The van der Waals surface area contributed by atoms with Crippen molar-refractivity contribution < 1.29 is 9.84 Å². The molecular formula is C11H24O2. The lowest BCUT2D eigenvalue weighted by Crippen LogP contribution is -2.13. The molecule has 0 radical (unpaired) electrons. The first-order valence-corrected chi connectivity index (χ1v) is 5.57. The monoisotopic (exact) mass is 188 g/mol. The molecule has 0 amide bonds. The van der Waals surface area contributed by atoms with E-state index in [-0.39, 0.29) is 6.61 Å². The smallest absolute Gasteiger partial charge is 0.0573 e. The molecule has 2 heteroatoms. The Bertz CT molecular complexity index is 94.1. The Hall–Kier alpha value is -0.0800. The quantitative estimate of drug-likeness (QED) is 0.564. The number of hydrogen-bond acceptors (Lipinski definition) is 2. The zero-order chi connectivity index (χ0) is 9.94. The maximum Gasteiger partial charge on any atom is 0.0573 e. The van der Waals surface area contributed by atoms with Crippen LogP contribution in [0.4, 0.5) is 0 Å². The van der Waals surface area contributed by atoms with Crippen molar-refractivity contribution in [2.24, 2.45) is 0 Å². The van der Waals surface area contributed by atoms with Gasteiger partial charge >= 0.3 is 0 Å². The summed E-state index contributed by atoms with van der Waals surface area (Å²) in [4.78, 5) is 0. The highest BCUT2D eigenvalue weighted by molar-refractivity contribution is 4.55. The van der Waals surface area contributed by atoms with E-state index in [2.05, 4.69) is 13.8 Å². The molecule has 1 unspecified atom stereocenters. The van der Waals surface area contributed by atoms with E-state index in [9.17, 15) is 0 Å². The molecule has 0 saturated heterocycles. The summed E-state index contributed by atoms with van der Waals surface area (Å²) in [7, 11) is 0. The molecule has 0 rings (SSSR count). The summed E-state index contributed by atoms with van der Waals surface area (Å²) in [5.41, 5.74) is 0. The van der Waals surface area contributed by atoms with Crippen molar-refractivity contribution >= 4 is 0 Å². The molecule has 0 bridgehead atoms. The van der Waals surface area contributed by atoms with Crippen molar-refractivity contribution in [3.05, 3.63) is 0 Å². The number of hydrogen-bond donors (Lipinski definition) is 1. The second kappa shape index (κ2) is 10.0. The molecule has 0 heterocycles. The third kappa shape index (κ3) is 8.26. The average molecular weight is 188 g/mol. The summed E-state index contributed by atoms with van der Waals surface area (Å²) in [6, 6.07) is 0. The van der Waals surface area contributed by atoms with Crippen LogP contribution >= 0.6 is 0 Å². The first kappa shape index (κ1) is 12.9. The average Bonchev–Trinajstić information content (AvgIpc) is 2.17. The topological polar surface area (TPSA) is 29.5 Å². The van der Waals surface area contributed by atoms with Gasteiger partial charge in [-0.2, -0.15) is 0 Å². The minimum absolute atomic E-state index is 0.287. The first-order valence-electron chi connectivity index (χ1n) is 5.57. The van der Waals surface area contributed by atoms with Gasteiger partial charge in [-0.1, -0.05) is 26.7 Å². The zero-order valence-corrected chi connectivity index (χ0v) is 9.09. The van der Waals surface area contributed by atoms with Crippen LogP contribution in [0, 0.1) is 0 Å². The summed E-state index contributed by atoms with van der Waals surface area (Å²) in [6.45, 7) is 5.51. The fraction of sp³-hybridized carbons (Fsp3) is 1.00. The SMILES string of the molecule is CCCCCOC(CC)CCCO. The van der Waals surface area contributed by atoms with Gasteiger partial charge in [0, 0.05) is 13.2 Å². The van der Waals surface area contributed by atoms with E-state index < -0.39 is 0 Å². The predicted octanol–water partition coefficient (Wildman–Crippen LogP) is 2.74. The Labute approximate surface area is 82.3 Å². The minimum atomic E-state index is 0.287. The predicted molar refractivity (Wildman–Crippen MR) is 55.9 cm³/mol. The van der Waals surface area contributed by atoms with Gasteiger partial charge in [0.1, 0.15) is 0 Å². The van der Waals surface area contributed by atoms with E-state index in [1.165, 1.54) is 19.3 Å². The van der Waals surface area contributed by atoms with E-state index in [0.29, 0.717) is 6.10 Å². The Morgan fingerprint density at radius 1 is 1.15 bits per heavy atom. The highest BCUT2D eigenvalue weighted by Gasteiger charge is 2.04. The van der Waals surface area contributed by atoms with Crippen LogP contribution in [0.5, 0.6) is 0 Å². The van der Waals surface area contributed by atoms with Crippen LogP contribution in [-0.4, -0.2) is 24.4 Å². The fourth-order valence-electron chi connectivity index (χ4n) is 1.33. The van der Waals surface area contributed by atoms with E-state index in [0.717, 1.165) is 25.9 Å².